The molecule has 8 nitrogen and oxygen atoms in total. The summed E-state index contributed by atoms with van der Waals surface area (Å²) in [5.41, 5.74) is 1.71. The normalized spacial score (nSPS) is 33.1. The highest BCUT2D eigenvalue weighted by Crippen LogP contribution is 2.58. The zero-order valence-electron chi connectivity index (χ0n) is 16.1. The van der Waals surface area contributed by atoms with Crippen LogP contribution in [0.15, 0.2) is 6.07 Å². The Hall–Kier alpha value is -2.24. The summed E-state index contributed by atoms with van der Waals surface area (Å²) in [7, 11) is 1.64. The first-order valence-electron chi connectivity index (χ1n) is 9.51. The maximum atomic E-state index is 10.9. The highest BCUT2D eigenvalue weighted by atomic mass is 19.4. The zero-order valence-corrected chi connectivity index (χ0v) is 16.1. The van der Waals surface area contributed by atoms with Crippen molar-refractivity contribution in [3.63, 3.8) is 0 Å². The van der Waals surface area contributed by atoms with Crippen LogP contribution in [0.3, 0.4) is 0 Å². The average molecular weight is 433 g/mol. The van der Waals surface area contributed by atoms with Crippen LogP contribution in [0.4, 0.5) is 13.2 Å². The quantitative estimate of drug-likeness (QED) is 0.610. The van der Waals surface area contributed by atoms with E-state index in [1.807, 2.05) is 6.07 Å². The second-order valence-electron chi connectivity index (χ2n) is 7.84. The molecule has 1 aliphatic carbocycles. The van der Waals surface area contributed by atoms with E-state index in [0.29, 0.717) is 23.7 Å². The molecule has 5 rings (SSSR count). The molecule has 1 aromatic carbocycles. The number of benzene rings is 1. The molecule has 0 aromatic heterocycles. The Morgan fingerprint density at radius 2 is 2.00 bits per heavy atom. The van der Waals surface area contributed by atoms with Gasteiger partial charge in [0.15, 0.2) is 11.5 Å². The lowest BCUT2D eigenvalue weighted by Crippen LogP contribution is -2.60. The Morgan fingerprint density at radius 1 is 1.30 bits per heavy atom. The molecule has 30 heavy (non-hydrogen) atoms. The summed E-state index contributed by atoms with van der Waals surface area (Å²) in [6.07, 6.45) is -4.09. The number of nitrogens with zero attached hydrogens (tertiary/aromatic N) is 1. The molecule has 3 aliphatic heterocycles. The third kappa shape index (κ3) is 2.98. The Labute approximate surface area is 169 Å². The fourth-order valence-corrected chi connectivity index (χ4v) is 5.30. The van der Waals surface area contributed by atoms with E-state index in [1.165, 1.54) is 0 Å². The van der Waals surface area contributed by atoms with Crippen molar-refractivity contribution in [2.45, 2.75) is 55.6 Å². The van der Waals surface area contributed by atoms with Gasteiger partial charge in [0.2, 0.25) is 12.5 Å². The third-order valence-electron chi connectivity index (χ3n) is 6.51. The van der Waals surface area contributed by atoms with E-state index >= 15 is 0 Å². The molecule has 11 heteroatoms. The smallest absolute Gasteiger partial charge is 0.490 e. The second kappa shape index (κ2) is 7.17. The summed E-state index contributed by atoms with van der Waals surface area (Å²) in [5.74, 6) is -0.701. The highest BCUT2D eigenvalue weighted by molar-refractivity contribution is 5.73. The summed E-state index contributed by atoms with van der Waals surface area (Å²) in [4.78, 5) is 11.3. The number of alkyl halides is 3. The maximum absolute atomic E-state index is 10.9. The van der Waals surface area contributed by atoms with Gasteiger partial charge in [-0.1, -0.05) is 0 Å². The van der Waals surface area contributed by atoms with Crippen LogP contribution in [0, 0.1) is 0 Å². The second-order valence-corrected chi connectivity index (χ2v) is 7.84. The van der Waals surface area contributed by atoms with Crippen LogP contribution in [-0.2, 0) is 16.8 Å². The lowest BCUT2D eigenvalue weighted by atomic mass is 9.61. The molecule has 0 amide bonds. The molecule has 5 atom stereocenters. The van der Waals surface area contributed by atoms with E-state index in [2.05, 4.69) is 4.90 Å². The summed E-state index contributed by atoms with van der Waals surface area (Å²) < 4.78 is 48.6. The largest absolute Gasteiger partial charge is 0.492 e. The number of hydrogen-bond acceptors (Lipinski definition) is 7. The van der Waals surface area contributed by atoms with Crippen molar-refractivity contribution in [3.8, 4) is 17.2 Å². The van der Waals surface area contributed by atoms with Crippen molar-refractivity contribution >= 4 is 5.97 Å². The van der Waals surface area contributed by atoms with Crippen LogP contribution < -0.4 is 14.2 Å². The molecule has 2 bridgehead atoms. The Morgan fingerprint density at radius 3 is 2.63 bits per heavy atom. The average Bonchev–Trinajstić information content (AvgIpc) is 3.26. The van der Waals surface area contributed by atoms with Gasteiger partial charge in [0, 0.05) is 23.6 Å². The minimum atomic E-state index is -5.08. The van der Waals surface area contributed by atoms with E-state index in [0.717, 1.165) is 37.1 Å². The molecular weight excluding hydrogens is 411 g/mol. The number of aliphatic hydroxyl groups excluding tert-OH is 2. The number of ether oxygens (including phenoxy) is 3. The van der Waals surface area contributed by atoms with E-state index in [9.17, 15) is 23.4 Å². The van der Waals surface area contributed by atoms with Crippen LogP contribution in [0.5, 0.6) is 17.2 Å². The minimum Gasteiger partial charge on any atom is -0.492 e. The molecule has 4 aliphatic rings. The van der Waals surface area contributed by atoms with Gasteiger partial charge in [0.25, 0.3) is 0 Å². The summed E-state index contributed by atoms with van der Waals surface area (Å²) >= 11 is 0. The molecule has 3 heterocycles. The molecule has 166 valence electrons. The van der Waals surface area contributed by atoms with Crippen molar-refractivity contribution in [1.29, 1.82) is 0 Å². The number of aliphatic carboxylic acids is 1. The minimum absolute atomic E-state index is 0.194. The van der Waals surface area contributed by atoms with Crippen LogP contribution in [-0.4, -0.2) is 71.1 Å². The predicted octanol–water partition coefficient (Wildman–Crippen LogP) is 1.40. The van der Waals surface area contributed by atoms with Gasteiger partial charge in [0.05, 0.1) is 19.3 Å². The highest BCUT2D eigenvalue weighted by Gasteiger charge is 2.60. The first-order valence-corrected chi connectivity index (χ1v) is 9.51. The van der Waals surface area contributed by atoms with Gasteiger partial charge in [-0.25, -0.2) is 4.79 Å². The van der Waals surface area contributed by atoms with Crippen molar-refractivity contribution in [2.75, 3.05) is 20.4 Å². The van der Waals surface area contributed by atoms with Gasteiger partial charge >= 0.3 is 12.1 Å². The molecule has 1 saturated carbocycles. The Kier molecular flexibility index (Phi) is 5.02. The van der Waals surface area contributed by atoms with Gasteiger partial charge in [-0.15, -0.1) is 0 Å². The van der Waals surface area contributed by atoms with E-state index < -0.39 is 29.8 Å². The monoisotopic (exact) mass is 433 g/mol. The lowest BCUT2D eigenvalue weighted by molar-refractivity contribution is -0.192. The van der Waals surface area contributed by atoms with Crippen LogP contribution in [0.1, 0.15) is 30.4 Å². The number of fused-ring (bicyclic) bond motifs is 2. The number of methoxy groups -OCH3 is 1. The van der Waals surface area contributed by atoms with Gasteiger partial charge in [0.1, 0.15) is 0 Å². The Balaban J connectivity index is 0.000000272. The standard InChI is InChI=1S/C17H21NO5.C2HF3O2/c1-21-14-9-7-18-5-4-17(13(18)3-2-11(19)16(17)20)10(9)6-12-15(14)23-8-22-12;3-2(4,5)1(6)7/h6,11,13,16,19-20H,2-5,7-8H2,1H3;(H,6,7)/t11-,13+,16-,17-;/m0./s1. The number of carboxylic acid groups (broad SMARTS) is 1. The molecule has 3 N–H and O–H groups in total. The molecule has 2 fully saturated rings. The lowest BCUT2D eigenvalue weighted by Gasteiger charge is -2.51. The first-order chi connectivity index (χ1) is 14.1. The number of carbonyl (C=O) groups is 1. The number of hydrogen-bond donors (Lipinski definition) is 3. The first kappa shape index (κ1) is 21.0. The van der Waals surface area contributed by atoms with E-state index in [-0.39, 0.29) is 12.8 Å². The van der Waals surface area contributed by atoms with Crippen LogP contribution in [0.2, 0.25) is 0 Å². The fourth-order valence-electron chi connectivity index (χ4n) is 5.30. The maximum Gasteiger partial charge on any atom is 0.490 e. The number of aliphatic hydroxyl groups is 2. The number of carboxylic acids is 1. The van der Waals surface area contributed by atoms with Gasteiger partial charge < -0.3 is 29.5 Å². The van der Waals surface area contributed by atoms with Crippen molar-refractivity contribution in [2.24, 2.45) is 0 Å². The van der Waals surface area contributed by atoms with Gasteiger partial charge in [-0.05, 0) is 37.4 Å². The molecular formula is C19H22F3NO7. The van der Waals surface area contributed by atoms with Crippen LogP contribution >= 0.6 is 0 Å². The molecule has 1 unspecified atom stereocenters. The van der Waals surface area contributed by atoms with E-state index in [4.69, 9.17) is 24.1 Å². The van der Waals surface area contributed by atoms with E-state index in [1.54, 1.807) is 7.11 Å². The number of rotatable bonds is 1. The zero-order chi connectivity index (χ0) is 21.8. The van der Waals surface area contributed by atoms with Crippen molar-refractivity contribution in [1.82, 2.24) is 4.90 Å². The summed E-state index contributed by atoms with van der Waals surface area (Å²) in [5, 5.41) is 28.4. The molecule has 0 radical (unpaired) electrons. The van der Waals surface area contributed by atoms with Crippen molar-refractivity contribution in [3.05, 3.63) is 17.2 Å². The molecule has 0 spiro atoms. The van der Waals surface area contributed by atoms with Gasteiger partial charge in [-0.2, -0.15) is 13.2 Å². The third-order valence-corrected chi connectivity index (χ3v) is 6.51. The SMILES string of the molecule is COc1c2c(cc3c1OCO3)[C@@]13CCN(C2)[C@@H]1CC[C@H](O)[C@@H]3O.O=C(O)C(F)(F)F. The molecule has 1 aromatic rings. The molecule has 1 saturated heterocycles. The number of halogens is 3. The fraction of sp³-hybridized carbons (Fsp3) is 0.632. The summed E-state index contributed by atoms with van der Waals surface area (Å²) in [6.45, 7) is 1.92. The predicted molar refractivity (Wildman–Crippen MR) is 94.5 cm³/mol. The topological polar surface area (TPSA) is 109 Å². The van der Waals surface area contributed by atoms with Gasteiger partial charge in [-0.3, -0.25) is 4.90 Å². The Bertz CT molecular complexity index is 862. The summed E-state index contributed by atoms with van der Waals surface area (Å²) in [6, 6.07) is 2.29. The van der Waals surface area contributed by atoms with Crippen molar-refractivity contribution < 1.29 is 47.5 Å². The van der Waals surface area contributed by atoms with Crippen LogP contribution in [0.25, 0.3) is 0 Å².